The summed E-state index contributed by atoms with van der Waals surface area (Å²) in [6.45, 7) is 3.48. The average Bonchev–Trinajstić information content (AvgIpc) is 2.33. The van der Waals surface area contributed by atoms with Gasteiger partial charge in [-0.1, -0.05) is 24.3 Å². The normalized spacial score (nSPS) is 14.3. The van der Waals surface area contributed by atoms with Crippen molar-refractivity contribution in [2.24, 2.45) is 5.73 Å². The van der Waals surface area contributed by atoms with Gasteiger partial charge in [0.05, 0.1) is 5.54 Å². The van der Waals surface area contributed by atoms with Crippen molar-refractivity contribution >= 4 is 0 Å². The van der Waals surface area contributed by atoms with E-state index in [1.807, 2.05) is 0 Å². The second kappa shape index (κ2) is 4.50. The van der Waals surface area contributed by atoms with Gasteiger partial charge in [0.15, 0.2) is 0 Å². The van der Waals surface area contributed by atoms with E-state index in [2.05, 4.69) is 0 Å². The van der Waals surface area contributed by atoms with E-state index in [9.17, 15) is 8.78 Å². The molecule has 2 aromatic rings. The molecule has 3 heteroatoms. The minimum Gasteiger partial charge on any atom is -0.318 e. The van der Waals surface area contributed by atoms with E-state index in [1.54, 1.807) is 38.1 Å². The Morgan fingerprint density at radius 2 is 1.50 bits per heavy atom. The van der Waals surface area contributed by atoms with Crippen LogP contribution in [0.15, 0.2) is 42.5 Å². The molecule has 18 heavy (non-hydrogen) atoms. The first-order valence-corrected chi connectivity index (χ1v) is 5.73. The molecule has 0 saturated heterocycles. The molecule has 1 atom stereocenters. The summed E-state index contributed by atoms with van der Waals surface area (Å²) in [6, 6.07) is 10.9. The van der Waals surface area contributed by atoms with Crippen LogP contribution >= 0.6 is 0 Å². The van der Waals surface area contributed by atoms with Gasteiger partial charge in [-0.2, -0.15) is 0 Å². The Labute approximate surface area is 105 Å². The summed E-state index contributed by atoms with van der Waals surface area (Å²) in [6.07, 6.45) is 0. The van der Waals surface area contributed by atoms with E-state index >= 15 is 0 Å². The molecule has 1 nitrogen and oxygen atoms in total. The minimum atomic E-state index is -0.845. The molecule has 0 bridgehead atoms. The molecule has 0 fully saturated rings. The predicted octanol–water partition coefficient (Wildman–Crippen LogP) is 3.50. The molecule has 0 aliphatic carbocycles. The summed E-state index contributed by atoms with van der Waals surface area (Å²) >= 11 is 0. The topological polar surface area (TPSA) is 26.0 Å². The Kier molecular flexibility index (Phi) is 3.18. The van der Waals surface area contributed by atoms with E-state index in [0.29, 0.717) is 11.1 Å². The van der Waals surface area contributed by atoms with Gasteiger partial charge >= 0.3 is 0 Å². The highest BCUT2D eigenvalue weighted by atomic mass is 19.1. The Hall–Kier alpha value is -1.74. The largest absolute Gasteiger partial charge is 0.318 e. The highest BCUT2D eigenvalue weighted by Crippen LogP contribution is 2.27. The summed E-state index contributed by atoms with van der Waals surface area (Å²) in [5.74, 6) is -0.601. The van der Waals surface area contributed by atoms with E-state index in [1.165, 1.54) is 18.2 Å². The Morgan fingerprint density at radius 1 is 0.944 bits per heavy atom. The zero-order valence-electron chi connectivity index (χ0n) is 10.4. The highest BCUT2D eigenvalue weighted by Gasteiger charge is 2.24. The van der Waals surface area contributed by atoms with Gasteiger partial charge in [0.1, 0.15) is 11.6 Å². The van der Waals surface area contributed by atoms with Gasteiger partial charge in [0.25, 0.3) is 0 Å². The fourth-order valence-corrected chi connectivity index (χ4v) is 1.88. The van der Waals surface area contributed by atoms with Crippen LogP contribution < -0.4 is 5.73 Å². The molecular formula is C15H15F2N. The first kappa shape index (κ1) is 12.7. The van der Waals surface area contributed by atoms with E-state index in [0.717, 1.165) is 5.56 Å². The average molecular weight is 247 g/mol. The zero-order chi connectivity index (χ0) is 13.3. The standard InChI is InChI=1S/C15H15F2N/c1-10-3-4-12(9-14(10)17)15(2,18)11-5-7-13(16)8-6-11/h3-9H,18H2,1-2H3. The molecule has 1 unspecified atom stereocenters. The molecule has 0 radical (unpaired) electrons. The monoisotopic (exact) mass is 247 g/mol. The number of rotatable bonds is 2. The lowest BCUT2D eigenvalue weighted by Gasteiger charge is -2.26. The molecule has 0 spiro atoms. The van der Waals surface area contributed by atoms with Crippen LogP contribution in [-0.2, 0) is 5.54 Å². The molecular weight excluding hydrogens is 232 g/mol. The van der Waals surface area contributed by atoms with Gasteiger partial charge < -0.3 is 5.73 Å². The number of nitrogens with two attached hydrogens (primary N) is 1. The van der Waals surface area contributed by atoms with Crippen molar-refractivity contribution in [2.75, 3.05) is 0 Å². The van der Waals surface area contributed by atoms with Crippen LogP contribution in [0.4, 0.5) is 8.78 Å². The van der Waals surface area contributed by atoms with Crippen molar-refractivity contribution in [1.82, 2.24) is 0 Å². The van der Waals surface area contributed by atoms with Crippen LogP contribution in [0.3, 0.4) is 0 Å². The van der Waals surface area contributed by atoms with Crippen LogP contribution in [0.5, 0.6) is 0 Å². The molecule has 0 aromatic heterocycles. The van der Waals surface area contributed by atoms with Crippen molar-refractivity contribution < 1.29 is 8.78 Å². The first-order valence-electron chi connectivity index (χ1n) is 5.73. The van der Waals surface area contributed by atoms with Crippen LogP contribution in [0.1, 0.15) is 23.6 Å². The minimum absolute atomic E-state index is 0.286. The SMILES string of the molecule is Cc1ccc(C(C)(N)c2ccc(F)cc2)cc1F. The van der Waals surface area contributed by atoms with Crippen molar-refractivity contribution in [1.29, 1.82) is 0 Å². The number of hydrogen-bond acceptors (Lipinski definition) is 1. The van der Waals surface area contributed by atoms with Crippen LogP contribution in [0.25, 0.3) is 0 Å². The molecule has 0 aliphatic heterocycles. The van der Waals surface area contributed by atoms with E-state index in [4.69, 9.17) is 5.73 Å². The summed E-state index contributed by atoms with van der Waals surface area (Å²) < 4.78 is 26.5. The fourth-order valence-electron chi connectivity index (χ4n) is 1.88. The summed E-state index contributed by atoms with van der Waals surface area (Å²) in [7, 11) is 0. The molecule has 2 aromatic carbocycles. The predicted molar refractivity (Wildman–Crippen MR) is 68.2 cm³/mol. The van der Waals surface area contributed by atoms with Crippen LogP contribution in [-0.4, -0.2) is 0 Å². The lowest BCUT2D eigenvalue weighted by atomic mass is 9.85. The van der Waals surface area contributed by atoms with Gasteiger partial charge in [-0.3, -0.25) is 0 Å². The maximum absolute atomic E-state index is 13.6. The maximum Gasteiger partial charge on any atom is 0.126 e. The Balaban J connectivity index is 2.46. The molecule has 2 rings (SSSR count). The third-order valence-electron chi connectivity index (χ3n) is 3.22. The molecule has 0 amide bonds. The van der Waals surface area contributed by atoms with Gasteiger partial charge in [-0.25, -0.2) is 8.78 Å². The molecule has 0 aliphatic rings. The highest BCUT2D eigenvalue weighted by molar-refractivity contribution is 5.38. The van der Waals surface area contributed by atoms with Crippen molar-refractivity contribution in [2.45, 2.75) is 19.4 Å². The first-order chi connectivity index (χ1) is 8.41. The fraction of sp³-hybridized carbons (Fsp3) is 0.200. The Morgan fingerprint density at radius 3 is 2.06 bits per heavy atom. The summed E-state index contributed by atoms with van der Waals surface area (Å²) in [5.41, 5.74) is 7.38. The molecule has 0 saturated carbocycles. The second-order valence-corrected chi connectivity index (χ2v) is 4.67. The van der Waals surface area contributed by atoms with E-state index < -0.39 is 5.54 Å². The van der Waals surface area contributed by atoms with Crippen LogP contribution in [0, 0.1) is 18.6 Å². The Bertz CT molecular complexity index is 559. The van der Waals surface area contributed by atoms with Gasteiger partial charge in [0, 0.05) is 0 Å². The van der Waals surface area contributed by atoms with Gasteiger partial charge in [0.2, 0.25) is 0 Å². The van der Waals surface area contributed by atoms with Crippen molar-refractivity contribution in [3.63, 3.8) is 0 Å². The number of aryl methyl sites for hydroxylation is 1. The number of halogens is 2. The van der Waals surface area contributed by atoms with Crippen molar-refractivity contribution in [3.05, 3.63) is 70.8 Å². The zero-order valence-corrected chi connectivity index (χ0v) is 10.4. The lowest BCUT2D eigenvalue weighted by Crippen LogP contribution is -2.34. The van der Waals surface area contributed by atoms with Crippen LogP contribution in [0.2, 0.25) is 0 Å². The number of benzene rings is 2. The smallest absolute Gasteiger partial charge is 0.126 e. The van der Waals surface area contributed by atoms with Gasteiger partial charge in [-0.15, -0.1) is 0 Å². The molecule has 2 N–H and O–H groups in total. The summed E-state index contributed by atoms with van der Waals surface area (Å²) in [4.78, 5) is 0. The lowest BCUT2D eigenvalue weighted by molar-refractivity contribution is 0.574. The third-order valence-corrected chi connectivity index (χ3v) is 3.22. The number of hydrogen-bond donors (Lipinski definition) is 1. The van der Waals surface area contributed by atoms with E-state index in [-0.39, 0.29) is 11.6 Å². The van der Waals surface area contributed by atoms with Crippen molar-refractivity contribution in [3.8, 4) is 0 Å². The maximum atomic E-state index is 13.6. The molecule has 0 heterocycles. The van der Waals surface area contributed by atoms with Gasteiger partial charge in [-0.05, 0) is 48.7 Å². The second-order valence-electron chi connectivity index (χ2n) is 4.67. The summed E-state index contributed by atoms with van der Waals surface area (Å²) in [5, 5.41) is 0. The third kappa shape index (κ3) is 2.27. The molecule has 94 valence electrons. The quantitative estimate of drug-likeness (QED) is 0.863.